The van der Waals surface area contributed by atoms with Crippen molar-refractivity contribution < 1.29 is 13.2 Å². The van der Waals surface area contributed by atoms with Crippen molar-refractivity contribution >= 4 is 27.3 Å². The fourth-order valence-corrected chi connectivity index (χ4v) is 5.29. The number of amides is 1. The molecule has 148 valence electrons. The average molecular weight is 400 g/mol. The third-order valence-electron chi connectivity index (χ3n) is 5.45. The van der Waals surface area contributed by atoms with Gasteiger partial charge >= 0.3 is 0 Å². The first-order valence-corrected chi connectivity index (χ1v) is 11.2. The standard InChI is InChI=1S/C21H25N3O3S/c1-16-2-4-17(5-3-16)15-28(26,27)24-12-10-23(11-13-24)19-7-8-20-18(14-19)6-9-21(25)22-20/h2-5,7-8,14H,6,9-13,15H2,1H3,(H,22,25). The van der Waals surface area contributed by atoms with Gasteiger partial charge in [0, 0.05) is 44.0 Å². The number of piperazine rings is 1. The second kappa shape index (κ2) is 7.56. The highest BCUT2D eigenvalue weighted by Crippen LogP contribution is 2.28. The number of aryl methyl sites for hydroxylation is 2. The Labute approximate surface area is 166 Å². The minimum absolute atomic E-state index is 0.0474. The molecule has 2 aliphatic heterocycles. The first-order valence-electron chi connectivity index (χ1n) is 9.62. The molecule has 1 saturated heterocycles. The minimum Gasteiger partial charge on any atom is -0.369 e. The Morgan fingerprint density at radius 3 is 2.39 bits per heavy atom. The number of fused-ring (bicyclic) bond motifs is 1. The van der Waals surface area contributed by atoms with Crippen LogP contribution in [-0.2, 0) is 27.0 Å². The minimum atomic E-state index is -3.32. The number of carbonyl (C=O) groups is 1. The quantitative estimate of drug-likeness (QED) is 0.858. The van der Waals surface area contributed by atoms with Crippen molar-refractivity contribution in [1.82, 2.24) is 4.31 Å². The molecule has 2 aromatic rings. The Bertz CT molecular complexity index is 978. The largest absolute Gasteiger partial charge is 0.369 e. The summed E-state index contributed by atoms with van der Waals surface area (Å²) in [6.07, 6.45) is 1.27. The lowest BCUT2D eigenvalue weighted by atomic mass is 10.0. The Balaban J connectivity index is 1.40. The summed E-state index contributed by atoms with van der Waals surface area (Å²) in [7, 11) is -3.32. The number of nitrogens with zero attached hydrogens (tertiary/aromatic N) is 2. The summed E-state index contributed by atoms with van der Waals surface area (Å²) in [4.78, 5) is 13.7. The molecule has 0 saturated carbocycles. The molecular formula is C21H25N3O3S. The number of anilines is 2. The number of rotatable bonds is 4. The van der Waals surface area contributed by atoms with E-state index in [0.717, 1.165) is 34.5 Å². The zero-order chi connectivity index (χ0) is 19.7. The average Bonchev–Trinajstić information content (AvgIpc) is 2.69. The van der Waals surface area contributed by atoms with Gasteiger partial charge in [0.2, 0.25) is 15.9 Å². The second-order valence-corrected chi connectivity index (χ2v) is 9.49. The molecule has 0 aliphatic carbocycles. The zero-order valence-corrected chi connectivity index (χ0v) is 16.8. The number of hydrogen-bond acceptors (Lipinski definition) is 4. The van der Waals surface area contributed by atoms with Gasteiger partial charge in [-0.3, -0.25) is 4.79 Å². The van der Waals surface area contributed by atoms with Gasteiger partial charge in [-0.05, 0) is 42.7 Å². The molecular weight excluding hydrogens is 374 g/mol. The third-order valence-corrected chi connectivity index (χ3v) is 7.30. The van der Waals surface area contributed by atoms with Crippen LogP contribution < -0.4 is 10.2 Å². The van der Waals surface area contributed by atoms with Gasteiger partial charge in [-0.25, -0.2) is 8.42 Å². The molecule has 7 heteroatoms. The van der Waals surface area contributed by atoms with Gasteiger partial charge in [-0.15, -0.1) is 0 Å². The molecule has 1 fully saturated rings. The lowest BCUT2D eigenvalue weighted by Gasteiger charge is -2.36. The summed E-state index contributed by atoms with van der Waals surface area (Å²) in [5, 5.41) is 2.90. The molecule has 6 nitrogen and oxygen atoms in total. The molecule has 28 heavy (non-hydrogen) atoms. The SMILES string of the molecule is Cc1ccc(CS(=O)(=O)N2CCN(c3ccc4c(c3)CCC(=O)N4)CC2)cc1. The Hall–Kier alpha value is -2.38. The van der Waals surface area contributed by atoms with Gasteiger partial charge in [-0.2, -0.15) is 4.31 Å². The summed E-state index contributed by atoms with van der Waals surface area (Å²) >= 11 is 0. The highest BCUT2D eigenvalue weighted by atomic mass is 32.2. The van der Waals surface area contributed by atoms with Crippen molar-refractivity contribution in [2.75, 3.05) is 36.4 Å². The van der Waals surface area contributed by atoms with Gasteiger partial charge in [0.25, 0.3) is 0 Å². The Morgan fingerprint density at radius 2 is 1.68 bits per heavy atom. The summed E-state index contributed by atoms with van der Waals surface area (Å²) in [5.41, 5.74) is 5.07. The van der Waals surface area contributed by atoms with E-state index in [1.807, 2.05) is 43.3 Å². The van der Waals surface area contributed by atoms with Gasteiger partial charge in [-0.1, -0.05) is 29.8 Å². The van der Waals surface area contributed by atoms with E-state index in [4.69, 9.17) is 0 Å². The first-order chi connectivity index (χ1) is 13.4. The van der Waals surface area contributed by atoms with Crippen LogP contribution in [0.4, 0.5) is 11.4 Å². The van der Waals surface area contributed by atoms with Crippen molar-refractivity contribution in [3.8, 4) is 0 Å². The molecule has 0 unspecified atom stereocenters. The van der Waals surface area contributed by atoms with Gasteiger partial charge in [0.05, 0.1) is 5.75 Å². The van der Waals surface area contributed by atoms with E-state index in [1.165, 1.54) is 0 Å². The molecule has 0 radical (unpaired) electrons. The monoisotopic (exact) mass is 399 g/mol. The van der Waals surface area contributed by atoms with E-state index in [2.05, 4.69) is 16.3 Å². The number of carbonyl (C=O) groups excluding carboxylic acids is 1. The van der Waals surface area contributed by atoms with Crippen LogP contribution in [0.3, 0.4) is 0 Å². The molecule has 0 atom stereocenters. The van der Waals surface area contributed by atoms with Crippen LogP contribution in [0.25, 0.3) is 0 Å². The topological polar surface area (TPSA) is 69.7 Å². The van der Waals surface area contributed by atoms with Gasteiger partial charge < -0.3 is 10.2 Å². The van der Waals surface area contributed by atoms with Crippen LogP contribution in [-0.4, -0.2) is 44.8 Å². The number of sulfonamides is 1. The molecule has 4 rings (SSSR count). The predicted octanol–water partition coefficient (Wildman–Crippen LogP) is 2.53. The van der Waals surface area contributed by atoms with E-state index >= 15 is 0 Å². The van der Waals surface area contributed by atoms with Crippen LogP contribution in [0.5, 0.6) is 0 Å². The summed E-state index contributed by atoms with van der Waals surface area (Å²) in [6.45, 7) is 4.30. The maximum atomic E-state index is 12.8. The van der Waals surface area contributed by atoms with Crippen molar-refractivity contribution in [1.29, 1.82) is 0 Å². The van der Waals surface area contributed by atoms with E-state index < -0.39 is 10.0 Å². The summed E-state index contributed by atoms with van der Waals surface area (Å²) in [5.74, 6) is 0.110. The number of nitrogens with one attached hydrogen (secondary N) is 1. The number of benzene rings is 2. The number of hydrogen-bond donors (Lipinski definition) is 1. The molecule has 2 aromatic carbocycles. The van der Waals surface area contributed by atoms with E-state index in [-0.39, 0.29) is 11.7 Å². The highest BCUT2D eigenvalue weighted by Gasteiger charge is 2.27. The molecule has 0 spiro atoms. The molecule has 2 heterocycles. The van der Waals surface area contributed by atoms with Crippen LogP contribution in [0, 0.1) is 6.92 Å². The van der Waals surface area contributed by atoms with Crippen LogP contribution >= 0.6 is 0 Å². The summed E-state index contributed by atoms with van der Waals surface area (Å²) in [6, 6.07) is 13.7. The Morgan fingerprint density at radius 1 is 0.964 bits per heavy atom. The van der Waals surface area contributed by atoms with Gasteiger partial charge in [0.1, 0.15) is 0 Å². The highest BCUT2D eigenvalue weighted by molar-refractivity contribution is 7.88. The molecule has 0 aromatic heterocycles. The molecule has 1 N–H and O–H groups in total. The zero-order valence-electron chi connectivity index (χ0n) is 16.0. The molecule has 1 amide bonds. The van der Waals surface area contributed by atoms with Crippen molar-refractivity contribution in [3.05, 3.63) is 59.2 Å². The lowest BCUT2D eigenvalue weighted by Crippen LogP contribution is -2.49. The normalized spacial score (nSPS) is 17.9. The van der Waals surface area contributed by atoms with Gasteiger partial charge in [0.15, 0.2) is 0 Å². The summed E-state index contributed by atoms with van der Waals surface area (Å²) < 4.78 is 27.1. The fourth-order valence-electron chi connectivity index (χ4n) is 3.78. The maximum absolute atomic E-state index is 12.8. The van der Waals surface area contributed by atoms with E-state index in [1.54, 1.807) is 4.31 Å². The Kier molecular flexibility index (Phi) is 5.12. The smallest absolute Gasteiger partial charge is 0.224 e. The van der Waals surface area contributed by atoms with Crippen LogP contribution in [0.2, 0.25) is 0 Å². The predicted molar refractivity (Wildman–Crippen MR) is 111 cm³/mol. The van der Waals surface area contributed by atoms with Crippen LogP contribution in [0.1, 0.15) is 23.1 Å². The van der Waals surface area contributed by atoms with Crippen molar-refractivity contribution in [3.63, 3.8) is 0 Å². The van der Waals surface area contributed by atoms with Crippen LogP contribution in [0.15, 0.2) is 42.5 Å². The van der Waals surface area contributed by atoms with Crippen molar-refractivity contribution in [2.45, 2.75) is 25.5 Å². The molecule has 0 bridgehead atoms. The lowest BCUT2D eigenvalue weighted by molar-refractivity contribution is -0.116. The first kappa shape index (κ1) is 19.0. The van der Waals surface area contributed by atoms with Crippen molar-refractivity contribution in [2.24, 2.45) is 0 Å². The fraction of sp³-hybridized carbons (Fsp3) is 0.381. The van der Waals surface area contributed by atoms with E-state index in [9.17, 15) is 13.2 Å². The second-order valence-electron chi connectivity index (χ2n) is 7.52. The molecule has 2 aliphatic rings. The van der Waals surface area contributed by atoms with E-state index in [0.29, 0.717) is 32.6 Å². The third kappa shape index (κ3) is 4.05. The maximum Gasteiger partial charge on any atom is 0.224 e.